The average Bonchev–Trinajstić information content (AvgIpc) is 3.00. The van der Waals surface area contributed by atoms with Gasteiger partial charge in [0.15, 0.2) is 0 Å². The highest BCUT2D eigenvalue weighted by Gasteiger charge is 2.23. The van der Waals surface area contributed by atoms with E-state index in [1.54, 1.807) is 6.07 Å². The van der Waals surface area contributed by atoms with Crippen LogP contribution in [0.3, 0.4) is 0 Å². The van der Waals surface area contributed by atoms with Crippen LogP contribution in [0, 0.1) is 13.8 Å². The second-order valence-corrected chi connectivity index (χ2v) is 6.72. The molecule has 0 fully saturated rings. The Hall–Kier alpha value is -2.95. The molecule has 0 unspecified atom stereocenters. The Balaban J connectivity index is 1.59. The van der Waals surface area contributed by atoms with Gasteiger partial charge in [-0.1, -0.05) is 35.5 Å². The Morgan fingerprint density at radius 3 is 2.81 bits per heavy atom. The van der Waals surface area contributed by atoms with Gasteiger partial charge in [0.1, 0.15) is 11.5 Å². The fourth-order valence-electron chi connectivity index (χ4n) is 3.69. The maximum absolute atomic E-state index is 12.8. The molecule has 4 rings (SSSR count). The number of benzene rings is 1. The minimum absolute atomic E-state index is 0.0389. The lowest BCUT2D eigenvalue weighted by Gasteiger charge is -2.26. The van der Waals surface area contributed by atoms with Crippen LogP contribution in [0.2, 0.25) is 0 Å². The summed E-state index contributed by atoms with van der Waals surface area (Å²) >= 11 is 0. The van der Waals surface area contributed by atoms with Crippen LogP contribution in [0.5, 0.6) is 0 Å². The van der Waals surface area contributed by atoms with Crippen molar-refractivity contribution < 1.29 is 9.32 Å². The molecule has 1 aliphatic carbocycles. The van der Waals surface area contributed by atoms with Gasteiger partial charge in [-0.15, -0.1) is 0 Å². The third-order valence-corrected chi connectivity index (χ3v) is 4.95. The molecular weight excluding hydrogens is 326 g/mol. The van der Waals surface area contributed by atoms with E-state index in [0.717, 1.165) is 30.5 Å². The predicted octanol–water partition coefficient (Wildman–Crippen LogP) is 4.16. The molecule has 26 heavy (non-hydrogen) atoms. The van der Waals surface area contributed by atoms with E-state index >= 15 is 0 Å². The topological polar surface area (TPSA) is 68.0 Å². The highest BCUT2D eigenvalue weighted by Crippen LogP contribution is 2.30. The van der Waals surface area contributed by atoms with Crippen molar-refractivity contribution in [1.82, 2.24) is 15.5 Å². The largest absolute Gasteiger partial charge is 0.361 e. The second kappa shape index (κ2) is 6.75. The van der Waals surface area contributed by atoms with Gasteiger partial charge in [0, 0.05) is 0 Å². The number of fused-ring (bicyclic) bond motifs is 1. The lowest BCUT2D eigenvalue weighted by molar-refractivity contribution is 0.0928. The molecule has 3 aromatic rings. The SMILES string of the molecule is Cc1noc(C)c1-c1cccc(C(=O)N[C@@H]2CCCc3ccccc32)n1. The van der Waals surface area contributed by atoms with E-state index in [1.165, 1.54) is 11.1 Å². The Labute approximate surface area is 152 Å². The van der Waals surface area contributed by atoms with Gasteiger partial charge >= 0.3 is 0 Å². The molecule has 5 heteroatoms. The maximum Gasteiger partial charge on any atom is 0.270 e. The van der Waals surface area contributed by atoms with Gasteiger partial charge in [-0.05, 0) is 56.4 Å². The molecule has 2 heterocycles. The first-order valence-corrected chi connectivity index (χ1v) is 8.92. The number of hydrogen-bond acceptors (Lipinski definition) is 4. The molecular formula is C21H21N3O2. The summed E-state index contributed by atoms with van der Waals surface area (Å²) in [4.78, 5) is 17.3. The van der Waals surface area contributed by atoms with Gasteiger partial charge in [-0.2, -0.15) is 0 Å². The third kappa shape index (κ3) is 3.01. The second-order valence-electron chi connectivity index (χ2n) is 6.72. The van der Waals surface area contributed by atoms with E-state index in [0.29, 0.717) is 17.1 Å². The van der Waals surface area contributed by atoms with Crippen LogP contribution >= 0.6 is 0 Å². The number of hydrogen-bond donors (Lipinski definition) is 1. The van der Waals surface area contributed by atoms with Crippen LogP contribution in [0.15, 0.2) is 47.0 Å². The van der Waals surface area contributed by atoms with E-state index in [4.69, 9.17) is 4.52 Å². The van der Waals surface area contributed by atoms with E-state index in [2.05, 4.69) is 33.7 Å². The lowest BCUT2D eigenvalue weighted by Crippen LogP contribution is -2.31. The summed E-state index contributed by atoms with van der Waals surface area (Å²) < 4.78 is 5.22. The van der Waals surface area contributed by atoms with Crippen molar-refractivity contribution in [3.63, 3.8) is 0 Å². The van der Waals surface area contributed by atoms with Crippen molar-refractivity contribution in [3.8, 4) is 11.3 Å². The van der Waals surface area contributed by atoms with Crippen LogP contribution in [-0.4, -0.2) is 16.0 Å². The molecule has 1 atom stereocenters. The first-order valence-electron chi connectivity index (χ1n) is 8.92. The summed E-state index contributed by atoms with van der Waals surface area (Å²) in [6, 6.07) is 13.8. The number of carbonyl (C=O) groups excluding carboxylic acids is 1. The van der Waals surface area contributed by atoms with Crippen LogP contribution < -0.4 is 5.32 Å². The quantitative estimate of drug-likeness (QED) is 0.772. The van der Waals surface area contributed by atoms with Crippen molar-refractivity contribution in [2.24, 2.45) is 0 Å². The zero-order valence-electron chi connectivity index (χ0n) is 15.0. The number of aryl methyl sites for hydroxylation is 3. The summed E-state index contributed by atoms with van der Waals surface area (Å²) in [7, 11) is 0. The number of carbonyl (C=O) groups is 1. The van der Waals surface area contributed by atoms with Crippen molar-refractivity contribution in [3.05, 3.63) is 70.7 Å². The predicted molar refractivity (Wildman–Crippen MR) is 98.8 cm³/mol. The fraction of sp³-hybridized carbons (Fsp3) is 0.286. The van der Waals surface area contributed by atoms with E-state index in [9.17, 15) is 4.79 Å². The number of amides is 1. The standard InChI is InChI=1S/C21H21N3O2/c1-13-20(14(2)26-24-13)18-11-6-12-19(22-18)21(25)23-17-10-5-8-15-7-3-4-9-16(15)17/h3-4,6-7,9,11-12,17H,5,8,10H2,1-2H3,(H,23,25)/t17-/m1/s1. The number of nitrogens with one attached hydrogen (secondary N) is 1. The average molecular weight is 347 g/mol. The number of nitrogens with zero attached hydrogens (tertiary/aromatic N) is 2. The molecule has 0 radical (unpaired) electrons. The molecule has 0 aliphatic heterocycles. The summed E-state index contributed by atoms with van der Waals surface area (Å²) in [6.45, 7) is 3.72. The van der Waals surface area contributed by atoms with Gasteiger partial charge in [0.05, 0.1) is 23.0 Å². The molecule has 0 saturated heterocycles. The molecule has 132 valence electrons. The Morgan fingerprint density at radius 1 is 1.15 bits per heavy atom. The molecule has 0 saturated carbocycles. The van der Waals surface area contributed by atoms with Gasteiger partial charge < -0.3 is 9.84 Å². The van der Waals surface area contributed by atoms with Crippen LogP contribution in [0.25, 0.3) is 11.3 Å². The summed E-state index contributed by atoms with van der Waals surface area (Å²) in [6.07, 6.45) is 3.10. The molecule has 5 nitrogen and oxygen atoms in total. The molecule has 0 spiro atoms. The van der Waals surface area contributed by atoms with Crippen molar-refractivity contribution in [1.29, 1.82) is 0 Å². The first-order chi connectivity index (χ1) is 12.6. The zero-order valence-corrected chi connectivity index (χ0v) is 15.0. The van der Waals surface area contributed by atoms with E-state index in [-0.39, 0.29) is 11.9 Å². The minimum atomic E-state index is -0.152. The molecule has 1 aliphatic rings. The van der Waals surface area contributed by atoms with Gasteiger partial charge in [0.2, 0.25) is 0 Å². The first kappa shape index (κ1) is 16.5. The van der Waals surface area contributed by atoms with Crippen molar-refractivity contribution >= 4 is 5.91 Å². The van der Waals surface area contributed by atoms with E-state index in [1.807, 2.05) is 32.0 Å². The fourth-order valence-corrected chi connectivity index (χ4v) is 3.69. The van der Waals surface area contributed by atoms with Crippen LogP contribution in [0.1, 0.15) is 52.0 Å². The smallest absolute Gasteiger partial charge is 0.270 e. The Morgan fingerprint density at radius 2 is 2.00 bits per heavy atom. The lowest BCUT2D eigenvalue weighted by atomic mass is 9.87. The summed E-state index contributed by atoms with van der Waals surface area (Å²) in [5.41, 5.74) is 5.27. The molecule has 1 amide bonds. The molecule has 2 aromatic heterocycles. The van der Waals surface area contributed by atoms with Gasteiger partial charge in [-0.25, -0.2) is 4.98 Å². The van der Waals surface area contributed by atoms with Crippen molar-refractivity contribution in [2.45, 2.75) is 39.2 Å². The number of pyridine rings is 1. The van der Waals surface area contributed by atoms with Crippen molar-refractivity contribution in [2.75, 3.05) is 0 Å². The van der Waals surface area contributed by atoms with Crippen LogP contribution in [0.4, 0.5) is 0 Å². The minimum Gasteiger partial charge on any atom is -0.361 e. The third-order valence-electron chi connectivity index (χ3n) is 4.95. The maximum atomic E-state index is 12.8. The summed E-state index contributed by atoms with van der Waals surface area (Å²) in [5, 5.41) is 7.12. The Bertz CT molecular complexity index is 942. The van der Waals surface area contributed by atoms with Crippen LogP contribution in [-0.2, 0) is 6.42 Å². The monoisotopic (exact) mass is 347 g/mol. The van der Waals surface area contributed by atoms with E-state index < -0.39 is 0 Å². The number of rotatable bonds is 3. The highest BCUT2D eigenvalue weighted by atomic mass is 16.5. The molecule has 1 aromatic carbocycles. The van der Waals surface area contributed by atoms with Gasteiger partial charge in [0.25, 0.3) is 5.91 Å². The zero-order chi connectivity index (χ0) is 18.1. The molecule has 0 bridgehead atoms. The highest BCUT2D eigenvalue weighted by molar-refractivity contribution is 5.93. The molecule has 1 N–H and O–H groups in total. The number of aromatic nitrogens is 2. The Kier molecular flexibility index (Phi) is 4.29. The normalized spacial score (nSPS) is 16.2. The van der Waals surface area contributed by atoms with Gasteiger partial charge in [-0.3, -0.25) is 4.79 Å². The summed E-state index contributed by atoms with van der Waals surface area (Å²) in [5.74, 6) is 0.550.